The highest BCUT2D eigenvalue weighted by Crippen LogP contribution is 2.36. The third-order valence-corrected chi connectivity index (χ3v) is 7.12. The van der Waals surface area contributed by atoms with Crippen LogP contribution in [0.15, 0.2) is 60.8 Å². The third-order valence-electron chi connectivity index (χ3n) is 7.12. The molecule has 0 radical (unpaired) electrons. The van der Waals surface area contributed by atoms with Gasteiger partial charge in [0.1, 0.15) is 11.9 Å². The summed E-state index contributed by atoms with van der Waals surface area (Å²) < 4.78 is 20.8. The van der Waals surface area contributed by atoms with E-state index >= 15 is 4.39 Å². The van der Waals surface area contributed by atoms with Gasteiger partial charge in [-0.3, -0.25) is 14.7 Å². The van der Waals surface area contributed by atoms with Gasteiger partial charge in [-0.25, -0.2) is 4.39 Å². The van der Waals surface area contributed by atoms with E-state index in [9.17, 15) is 9.90 Å². The summed E-state index contributed by atoms with van der Waals surface area (Å²) in [5.74, 6) is 6.86. The monoisotopic (exact) mass is 488 g/mol. The molecule has 3 atom stereocenters. The predicted octanol–water partition coefficient (Wildman–Crippen LogP) is 5.89. The van der Waals surface area contributed by atoms with Crippen molar-refractivity contribution < 1.29 is 19.0 Å². The lowest BCUT2D eigenvalue weighted by Gasteiger charge is -2.38. The summed E-state index contributed by atoms with van der Waals surface area (Å²) in [5.41, 5.74) is 2.37. The standard InChI is InChI=1S/C30H33FN2O3/c1-36-25-11-13-29-27(20-25)26(15-17-32-29)28(31)12-9-23-16-19-33(21-24(23)10-14-30(34)35)18-5-8-22-6-3-2-4-7-22/h2-4,6-7,11,13,15,17,20,23-24,28H,9-10,12,14,16,18-19,21H2,1H3,(H,34,35)/t23?,24?,28-/m0/s1. The van der Waals surface area contributed by atoms with E-state index in [0.29, 0.717) is 36.6 Å². The lowest BCUT2D eigenvalue weighted by atomic mass is 9.79. The number of carbonyl (C=O) groups is 1. The van der Waals surface area contributed by atoms with Crippen LogP contribution in [0.4, 0.5) is 4.39 Å². The van der Waals surface area contributed by atoms with Gasteiger partial charge < -0.3 is 9.84 Å². The smallest absolute Gasteiger partial charge is 0.303 e. The number of aliphatic carboxylic acids is 1. The van der Waals surface area contributed by atoms with Crippen LogP contribution >= 0.6 is 0 Å². The molecule has 5 nitrogen and oxygen atoms in total. The summed E-state index contributed by atoms with van der Waals surface area (Å²) in [6.45, 7) is 2.35. The lowest BCUT2D eigenvalue weighted by molar-refractivity contribution is -0.137. The van der Waals surface area contributed by atoms with Crippen molar-refractivity contribution >= 4 is 16.9 Å². The highest BCUT2D eigenvalue weighted by Gasteiger charge is 2.30. The second-order valence-corrected chi connectivity index (χ2v) is 9.47. The van der Waals surface area contributed by atoms with Crippen molar-refractivity contribution in [2.24, 2.45) is 11.8 Å². The first-order valence-corrected chi connectivity index (χ1v) is 12.6. The van der Waals surface area contributed by atoms with Crippen molar-refractivity contribution in [3.05, 3.63) is 71.9 Å². The van der Waals surface area contributed by atoms with Gasteiger partial charge in [-0.1, -0.05) is 30.0 Å². The molecule has 1 fully saturated rings. The number of benzene rings is 2. The first-order valence-electron chi connectivity index (χ1n) is 12.6. The quantitative estimate of drug-likeness (QED) is 0.381. The Morgan fingerprint density at radius 1 is 1.19 bits per heavy atom. The molecule has 3 aromatic rings. The van der Waals surface area contributed by atoms with Gasteiger partial charge in [0, 0.05) is 30.1 Å². The number of rotatable bonds is 9. The minimum atomic E-state index is -1.11. The number of nitrogens with zero attached hydrogens (tertiary/aromatic N) is 2. The molecule has 0 spiro atoms. The van der Waals surface area contributed by atoms with Gasteiger partial charge >= 0.3 is 5.97 Å². The maximum Gasteiger partial charge on any atom is 0.303 e. The van der Waals surface area contributed by atoms with Crippen LogP contribution in [0.3, 0.4) is 0 Å². The second kappa shape index (κ2) is 12.5. The molecule has 2 aromatic carbocycles. The van der Waals surface area contributed by atoms with E-state index in [0.717, 1.165) is 42.4 Å². The fourth-order valence-corrected chi connectivity index (χ4v) is 5.15. The summed E-state index contributed by atoms with van der Waals surface area (Å²) in [7, 11) is 1.60. The Labute approximate surface area is 212 Å². The summed E-state index contributed by atoms with van der Waals surface area (Å²) in [4.78, 5) is 17.9. The van der Waals surface area contributed by atoms with Crippen LogP contribution in [0.1, 0.15) is 49.4 Å². The average Bonchev–Trinajstić information content (AvgIpc) is 2.91. The number of ether oxygens (including phenoxy) is 1. The summed E-state index contributed by atoms with van der Waals surface area (Å²) in [6.07, 6.45) is 3.34. The maximum atomic E-state index is 15.5. The van der Waals surface area contributed by atoms with Gasteiger partial charge in [0.25, 0.3) is 0 Å². The summed E-state index contributed by atoms with van der Waals surface area (Å²) in [5, 5.41) is 10.0. The number of piperidine rings is 1. The third kappa shape index (κ3) is 6.83. The normalized spacial score (nSPS) is 18.8. The average molecular weight is 489 g/mol. The van der Waals surface area contributed by atoms with Gasteiger partial charge in [-0.2, -0.15) is 0 Å². The number of carboxylic acids is 1. The Balaban J connectivity index is 1.39. The molecule has 36 heavy (non-hydrogen) atoms. The molecule has 1 saturated heterocycles. The van der Waals surface area contributed by atoms with Crippen LogP contribution in [0.2, 0.25) is 0 Å². The number of likely N-dealkylation sites (tertiary alicyclic amines) is 1. The minimum absolute atomic E-state index is 0.137. The Hall–Kier alpha value is -3.43. The van der Waals surface area contributed by atoms with Gasteiger partial charge in [0.05, 0.1) is 19.2 Å². The zero-order valence-corrected chi connectivity index (χ0v) is 20.7. The zero-order chi connectivity index (χ0) is 25.3. The van der Waals surface area contributed by atoms with E-state index in [2.05, 4.69) is 21.7 Å². The van der Waals surface area contributed by atoms with Crippen LogP contribution in [-0.2, 0) is 4.79 Å². The molecule has 1 aliphatic rings. The number of hydrogen-bond donors (Lipinski definition) is 1. The predicted molar refractivity (Wildman–Crippen MR) is 140 cm³/mol. The number of carboxylic acid groups (broad SMARTS) is 1. The molecular formula is C30H33FN2O3. The van der Waals surface area contributed by atoms with Crippen molar-refractivity contribution in [1.82, 2.24) is 9.88 Å². The Kier molecular flexibility index (Phi) is 8.91. The molecule has 2 unspecified atom stereocenters. The largest absolute Gasteiger partial charge is 0.497 e. The topological polar surface area (TPSA) is 62.7 Å². The van der Waals surface area contributed by atoms with Gasteiger partial charge in [0.15, 0.2) is 0 Å². The highest BCUT2D eigenvalue weighted by atomic mass is 19.1. The van der Waals surface area contributed by atoms with E-state index in [4.69, 9.17) is 4.74 Å². The minimum Gasteiger partial charge on any atom is -0.497 e. The van der Waals surface area contributed by atoms with Crippen LogP contribution in [0.25, 0.3) is 10.9 Å². The van der Waals surface area contributed by atoms with E-state index < -0.39 is 12.1 Å². The molecule has 2 heterocycles. The number of aromatic nitrogens is 1. The number of halogens is 1. The number of alkyl halides is 1. The molecule has 0 amide bonds. The van der Waals surface area contributed by atoms with E-state index in [1.165, 1.54) is 0 Å². The highest BCUT2D eigenvalue weighted by molar-refractivity contribution is 5.83. The molecule has 188 valence electrons. The molecule has 0 aliphatic carbocycles. The van der Waals surface area contributed by atoms with Crippen molar-refractivity contribution in [2.75, 3.05) is 26.7 Å². The van der Waals surface area contributed by atoms with E-state index in [1.54, 1.807) is 19.4 Å². The lowest BCUT2D eigenvalue weighted by Crippen LogP contribution is -2.41. The fraction of sp³-hybridized carbons (Fsp3) is 0.400. The first kappa shape index (κ1) is 25.7. The number of methoxy groups -OCH3 is 1. The van der Waals surface area contributed by atoms with Gasteiger partial charge in [-0.15, -0.1) is 0 Å². The number of hydrogen-bond acceptors (Lipinski definition) is 4. The second-order valence-electron chi connectivity index (χ2n) is 9.47. The fourth-order valence-electron chi connectivity index (χ4n) is 5.15. The van der Waals surface area contributed by atoms with Crippen LogP contribution in [0.5, 0.6) is 5.75 Å². The Morgan fingerprint density at radius 2 is 2.03 bits per heavy atom. The summed E-state index contributed by atoms with van der Waals surface area (Å²) >= 11 is 0. The number of fused-ring (bicyclic) bond motifs is 1. The van der Waals surface area contributed by atoms with Gasteiger partial charge in [0.2, 0.25) is 0 Å². The maximum absolute atomic E-state index is 15.5. The van der Waals surface area contributed by atoms with Crippen LogP contribution in [-0.4, -0.2) is 47.7 Å². The molecular weight excluding hydrogens is 455 g/mol. The number of pyridine rings is 1. The molecule has 4 rings (SSSR count). The Bertz CT molecular complexity index is 1220. The van der Waals surface area contributed by atoms with E-state index in [1.807, 2.05) is 48.5 Å². The van der Waals surface area contributed by atoms with Crippen molar-refractivity contribution in [2.45, 2.75) is 38.3 Å². The molecule has 1 aliphatic heterocycles. The van der Waals surface area contributed by atoms with E-state index in [-0.39, 0.29) is 12.3 Å². The van der Waals surface area contributed by atoms with Crippen molar-refractivity contribution in [3.63, 3.8) is 0 Å². The molecule has 1 aromatic heterocycles. The van der Waals surface area contributed by atoms with Crippen LogP contribution < -0.4 is 4.74 Å². The zero-order valence-electron chi connectivity index (χ0n) is 20.7. The van der Waals surface area contributed by atoms with Crippen LogP contribution in [0, 0.1) is 23.7 Å². The SMILES string of the molecule is COc1ccc2nccc([C@@H](F)CCC3CCN(CC#Cc4ccccc4)CC3CCC(=O)O)c2c1. The Morgan fingerprint density at radius 3 is 2.81 bits per heavy atom. The molecule has 6 heteroatoms. The molecule has 0 bridgehead atoms. The van der Waals surface area contributed by atoms with Gasteiger partial charge in [-0.05, 0) is 86.0 Å². The van der Waals surface area contributed by atoms with Crippen molar-refractivity contribution in [1.29, 1.82) is 0 Å². The van der Waals surface area contributed by atoms with Crippen molar-refractivity contribution in [3.8, 4) is 17.6 Å². The summed E-state index contributed by atoms with van der Waals surface area (Å²) in [6, 6.07) is 17.2. The molecule has 1 N–H and O–H groups in total. The molecule has 0 saturated carbocycles. The first-order chi connectivity index (χ1) is 17.5.